The zero-order chi connectivity index (χ0) is 16.8. The first-order chi connectivity index (χ1) is 11.0. The van der Waals surface area contributed by atoms with E-state index in [0.29, 0.717) is 5.92 Å². The van der Waals surface area contributed by atoms with E-state index in [4.69, 9.17) is 4.42 Å². The van der Waals surface area contributed by atoms with E-state index in [9.17, 15) is 9.59 Å². The van der Waals surface area contributed by atoms with E-state index < -0.39 is 11.9 Å². The number of thiophene rings is 1. The van der Waals surface area contributed by atoms with Crippen LogP contribution in [0, 0.1) is 5.92 Å². The molecule has 0 bridgehead atoms. The molecular weight excluding hydrogens is 312 g/mol. The van der Waals surface area contributed by atoms with Gasteiger partial charge in [0, 0.05) is 4.88 Å². The standard InChI is InChI=1S/C17H22N2O3S/c1-11(2)10-13(15-7-5-9-23-15)19-16(20)12(3)18-17(21)14-6-4-8-22-14/h4-9,11-13H,10H2,1-3H3,(H,18,21)(H,19,20)/t12-,13-/m1/s1. The molecule has 0 fully saturated rings. The van der Waals surface area contributed by atoms with Crippen molar-refractivity contribution in [2.24, 2.45) is 5.92 Å². The van der Waals surface area contributed by atoms with Crippen LogP contribution in [0.4, 0.5) is 0 Å². The molecule has 2 aromatic heterocycles. The monoisotopic (exact) mass is 334 g/mol. The predicted molar refractivity (Wildman–Crippen MR) is 90.3 cm³/mol. The van der Waals surface area contributed by atoms with E-state index in [1.54, 1.807) is 30.4 Å². The molecule has 2 heterocycles. The van der Waals surface area contributed by atoms with Gasteiger partial charge in [0.15, 0.2) is 5.76 Å². The van der Waals surface area contributed by atoms with E-state index in [-0.39, 0.29) is 17.7 Å². The Balaban J connectivity index is 1.96. The van der Waals surface area contributed by atoms with Crippen molar-refractivity contribution in [2.75, 3.05) is 0 Å². The molecule has 2 aromatic rings. The van der Waals surface area contributed by atoms with Crippen molar-refractivity contribution in [1.82, 2.24) is 10.6 Å². The Morgan fingerprint density at radius 2 is 1.96 bits per heavy atom. The maximum Gasteiger partial charge on any atom is 0.287 e. The summed E-state index contributed by atoms with van der Waals surface area (Å²) in [5, 5.41) is 7.67. The summed E-state index contributed by atoms with van der Waals surface area (Å²) in [5.74, 6) is 0.0511. The van der Waals surface area contributed by atoms with E-state index >= 15 is 0 Å². The fourth-order valence-electron chi connectivity index (χ4n) is 2.24. The zero-order valence-corrected chi connectivity index (χ0v) is 14.4. The molecule has 2 atom stereocenters. The lowest BCUT2D eigenvalue weighted by atomic mass is 10.0. The van der Waals surface area contributed by atoms with Gasteiger partial charge in [-0.1, -0.05) is 19.9 Å². The second-order valence-electron chi connectivity index (χ2n) is 5.88. The van der Waals surface area contributed by atoms with Crippen molar-refractivity contribution < 1.29 is 14.0 Å². The number of carbonyl (C=O) groups is 2. The maximum atomic E-state index is 12.4. The second-order valence-corrected chi connectivity index (χ2v) is 6.86. The van der Waals surface area contributed by atoms with Gasteiger partial charge in [-0.2, -0.15) is 0 Å². The van der Waals surface area contributed by atoms with Gasteiger partial charge in [-0.25, -0.2) is 0 Å². The molecule has 23 heavy (non-hydrogen) atoms. The minimum atomic E-state index is -0.637. The lowest BCUT2D eigenvalue weighted by molar-refractivity contribution is -0.123. The van der Waals surface area contributed by atoms with Gasteiger partial charge in [-0.3, -0.25) is 9.59 Å². The van der Waals surface area contributed by atoms with Gasteiger partial charge in [0.1, 0.15) is 6.04 Å². The fourth-order valence-corrected chi connectivity index (χ4v) is 3.04. The molecule has 2 rings (SSSR count). The number of hydrogen-bond acceptors (Lipinski definition) is 4. The average molecular weight is 334 g/mol. The highest BCUT2D eigenvalue weighted by molar-refractivity contribution is 7.10. The van der Waals surface area contributed by atoms with Crippen LogP contribution in [-0.4, -0.2) is 17.9 Å². The van der Waals surface area contributed by atoms with Crippen molar-refractivity contribution in [3.63, 3.8) is 0 Å². The first-order valence-electron chi connectivity index (χ1n) is 7.65. The summed E-state index contributed by atoms with van der Waals surface area (Å²) in [6.45, 7) is 5.90. The van der Waals surface area contributed by atoms with Crippen LogP contribution in [0.25, 0.3) is 0 Å². The van der Waals surface area contributed by atoms with E-state index in [0.717, 1.165) is 11.3 Å². The minimum absolute atomic E-state index is 0.0366. The second kappa shape index (κ2) is 7.97. The van der Waals surface area contributed by atoms with Gasteiger partial charge in [0.05, 0.1) is 12.3 Å². The summed E-state index contributed by atoms with van der Waals surface area (Å²) >= 11 is 1.62. The Kier molecular flexibility index (Phi) is 5.98. The molecule has 0 aliphatic heterocycles. The summed E-state index contributed by atoms with van der Waals surface area (Å²) in [5.41, 5.74) is 0. The van der Waals surface area contributed by atoms with Crippen LogP contribution in [0.3, 0.4) is 0 Å². The van der Waals surface area contributed by atoms with Gasteiger partial charge >= 0.3 is 0 Å². The molecule has 0 saturated heterocycles. The van der Waals surface area contributed by atoms with Crippen LogP contribution in [0.15, 0.2) is 40.3 Å². The van der Waals surface area contributed by atoms with Crippen LogP contribution in [0.1, 0.15) is 48.7 Å². The van der Waals surface area contributed by atoms with Crippen LogP contribution in [0.2, 0.25) is 0 Å². The normalized spacial score (nSPS) is 13.6. The topological polar surface area (TPSA) is 71.3 Å². The van der Waals surface area contributed by atoms with Crippen molar-refractivity contribution in [3.8, 4) is 0 Å². The minimum Gasteiger partial charge on any atom is -0.459 e. The smallest absolute Gasteiger partial charge is 0.287 e. The van der Waals surface area contributed by atoms with Crippen molar-refractivity contribution in [1.29, 1.82) is 0 Å². The van der Waals surface area contributed by atoms with Gasteiger partial charge < -0.3 is 15.1 Å². The third-order valence-corrected chi connectivity index (χ3v) is 4.38. The van der Waals surface area contributed by atoms with Crippen molar-refractivity contribution >= 4 is 23.2 Å². The zero-order valence-electron chi connectivity index (χ0n) is 13.5. The molecule has 0 saturated carbocycles. The molecular formula is C17H22N2O3S. The Morgan fingerprint density at radius 1 is 1.17 bits per heavy atom. The lowest BCUT2D eigenvalue weighted by Crippen LogP contribution is -2.45. The fraction of sp³-hybridized carbons (Fsp3) is 0.412. The summed E-state index contributed by atoms with van der Waals surface area (Å²) < 4.78 is 5.03. The molecule has 0 aliphatic rings. The Morgan fingerprint density at radius 3 is 2.52 bits per heavy atom. The highest BCUT2D eigenvalue weighted by Gasteiger charge is 2.22. The van der Waals surface area contributed by atoms with Gasteiger partial charge in [-0.05, 0) is 42.8 Å². The number of amides is 2. The van der Waals surface area contributed by atoms with E-state index in [2.05, 4.69) is 24.5 Å². The molecule has 2 N–H and O–H groups in total. The number of carbonyl (C=O) groups excluding carboxylic acids is 2. The number of hydrogen-bond donors (Lipinski definition) is 2. The van der Waals surface area contributed by atoms with Crippen LogP contribution in [-0.2, 0) is 4.79 Å². The Labute approximate surface area is 140 Å². The average Bonchev–Trinajstić information content (AvgIpc) is 3.19. The SMILES string of the molecule is CC(C)C[C@@H](NC(=O)[C@@H](C)NC(=O)c1ccco1)c1cccs1. The molecule has 0 spiro atoms. The molecule has 0 aromatic carbocycles. The third kappa shape index (κ3) is 4.96. The quantitative estimate of drug-likeness (QED) is 0.815. The van der Waals surface area contributed by atoms with Crippen molar-refractivity contribution in [2.45, 2.75) is 39.3 Å². The number of furan rings is 1. The highest BCUT2D eigenvalue weighted by atomic mass is 32.1. The number of nitrogens with one attached hydrogen (secondary N) is 2. The van der Waals surface area contributed by atoms with Gasteiger partial charge in [0.2, 0.25) is 5.91 Å². The maximum absolute atomic E-state index is 12.4. The molecule has 0 aliphatic carbocycles. The molecule has 2 amide bonds. The van der Waals surface area contributed by atoms with E-state index in [1.807, 2.05) is 17.5 Å². The molecule has 6 heteroatoms. The molecule has 124 valence electrons. The Bertz CT molecular complexity index is 620. The first kappa shape index (κ1) is 17.3. The first-order valence-corrected chi connectivity index (χ1v) is 8.53. The Hall–Kier alpha value is -2.08. The summed E-state index contributed by atoms with van der Waals surface area (Å²) in [6, 6.07) is 6.52. The largest absolute Gasteiger partial charge is 0.459 e. The van der Waals surface area contributed by atoms with Gasteiger partial charge in [0.25, 0.3) is 5.91 Å². The summed E-state index contributed by atoms with van der Waals surface area (Å²) in [7, 11) is 0. The van der Waals surface area contributed by atoms with Crippen LogP contribution < -0.4 is 10.6 Å². The van der Waals surface area contributed by atoms with Gasteiger partial charge in [-0.15, -0.1) is 11.3 Å². The van der Waals surface area contributed by atoms with E-state index in [1.165, 1.54) is 6.26 Å². The van der Waals surface area contributed by atoms with Crippen LogP contribution >= 0.6 is 11.3 Å². The predicted octanol–water partition coefficient (Wildman–Crippen LogP) is 3.36. The van der Waals surface area contributed by atoms with Crippen molar-refractivity contribution in [3.05, 3.63) is 46.5 Å². The summed E-state index contributed by atoms with van der Waals surface area (Å²) in [4.78, 5) is 25.4. The highest BCUT2D eigenvalue weighted by Crippen LogP contribution is 2.25. The van der Waals surface area contributed by atoms with Crippen LogP contribution in [0.5, 0.6) is 0 Å². The lowest BCUT2D eigenvalue weighted by Gasteiger charge is -2.22. The number of rotatable bonds is 7. The molecule has 0 unspecified atom stereocenters. The summed E-state index contributed by atoms with van der Waals surface area (Å²) in [6.07, 6.45) is 2.28. The third-order valence-electron chi connectivity index (χ3n) is 3.40. The molecule has 0 radical (unpaired) electrons. The molecule has 5 nitrogen and oxygen atoms in total.